The van der Waals surface area contributed by atoms with Crippen LogP contribution < -0.4 is 9.47 Å². The topological polar surface area (TPSA) is 52.6 Å². The predicted molar refractivity (Wildman–Crippen MR) is 134 cm³/mol. The van der Waals surface area contributed by atoms with E-state index in [2.05, 4.69) is 0 Å². The standard InChI is InChI=1S/C30H20F2O4/c1-17-7-10-19(11-8-17)29(33)35-27-21-5-3-4-6-22(21)28(25-16-20(31)12-14-23(25)27)36-30(34)24-13-9-18(2)15-26(24)32/h3-16H,1-2H3. The normalized spacial score (nSPS) is 11.0. The van der Waals surface area contributed by atoms with Crippen LogP contribution in [0.4, 0.5) is 8.78 Å². The first-order chi connectivity index (χ1) is 17.3. The van der Waals surface area contributed by atoms with Crippen molar-refractivity contribution in [3.05, 3.63) is 119 Å². The Kier molecular flexibility index (Phi) is 5.94. The summed E-state index contributed by atoms with van der Waals surface area (Å²) in [5.74, 6) is -2.56. The van der Waals surface area contributed by atoms with Crippen molar-refractivity contribution in [2.45, 2.75) is 13.8 Å². The fourth-order valence-electron chi connectivity index (χ4n) is 4.07. The van der Waals surface area contributed by atoms with E-state index in [1.54, 1.807) is 61.5 Å². The van der Waals surface area contributed by atoms with E-state index in [9.17, 15) is 18.4 Å². The van der Waals surface area contributed by atoms with Crippen LogP contribution in [0.2, 0.25) is 0 Å². The van der Waals surface area contributed by atoms with Gasteiger partial charge in [0, 0.05) is 21.5 Å². The summed E-state index contributed by atoms with van der Waals surface area (Å²) in [5.41, 5.74) is 1.75. The lowest BCUT2D eigenvalue weighted by atomic mass is 10.00. The number of carbonyl (C=O) groups excluding carboxylic acids is 2. The van der Waals surface area contributed by atoms with E-state index in [1.807, 2.05) is 6.92 Å². The highest BCUT2D eigenvalue weighted by Crippen LogP contribution is 2.43. The van der Waals surface area contributed by atoms with Crippen LogP contribution >= 0.6 is 0 Å². The molecule has 0 radical (unpaired) electrons. The number of rotatable bonds is 4. The van der Waals surface area contributed by atoms with Crippen LogP contribution in [0.5, 0.6) is 11.5 Å². The molecule has 0 saturated carbocycles. The molecule has 0 aliphatic rings. The van der Waals surface area contributed by atoms with Gasteiger partial charge in [0.15, 0.2) is 0 Å². The van der Waals surface area contributed by atoms with Crippen LogP contribution in [-0.2, 0) is 0 Å². The maximum atomic E-state index is 14.5. The van der Waals surface area contributed by atoms with E-state index in [0.717, 1.165) is 5.56 Å². The van der Waals surface area contributed by atoms with E-state index in [-0.39, 0.29) is 22.4 Å². The van der Waals surface area contributed by atoms with E-state index >= 15 is 0 Å². The van der Waals surface area contributed by atoms with Gasteiger partial charge in [0.25, 0.3) is 0 Å². The summed E-state index contributed by atoms with van der Waals surface area (Å²) in [5, 5.41) is 1.46. The smallest absolute Gasteiger partial charge is 0.346 e. The first-order valence-corrected chi connectivity index (χ1v) is 11.2. The number of fused-ring (bicyclic) bond motifs is 2. The van der Waals surface area contributed by atoms with Crippen molar-refractivity contribution in [3.8, 4) is 11.5 Å². The number of aryl methyl sites for hydroxylation is 2. The average molecular weight is 482 g/mol. The average Bonchev–Trinajstić information content (AvgIpc) is 2.86. The van der Waals surface area contributed by atoms with Gasteiger partial charge in [-0.15, -0.1) is 0 Å². The molecular weight excluding hydrogens is 462 g/mol. The van der Waals surface area contributed by atoms with Crippen LogP contribution in [-0.4, -0.2) is 11.9 Å². The minimum absolute atomic E-state index is 0.0419. The molecule has 0 aliphatic heterocycles. The highest BCUT2D eigenvalue weighted by atomic mass is 19.1. The van der Waals surface area contributed by atoms with Gasteiger partial charge in [-0.1, -0.05) is 48.0 Å². The van der Waals surface area contributed by atoms with Gasteiger partial charge in [-0.2, -0.15) is 0 Å². The predicted octanol–water partition coefficient (Wildman–Crippen LogP) is 7.33. The molecule has 0 saturated heterocycles. The minimum atomic E-state index is -0.924. The summed E-state index contributed by atoms with van der Waals surface area (Å²) in [6.45, 7) is 3.62. The first-order valence-electron chi connectivity index (χ1n) is 11.2. The molecule has 0 fully saturated rings. The Labute approximate surface area is 205 Å². The quantitative estimate of drug-likeness (QED) is 0.153. The second-order valence-corrected chi connectivity index (χ2v) is 8.52. The Hall–Kier alpha value is -4.58. The number of hydrogen-bond acceptors (Lipinski definition) is 4. The van der Waals surface area contributed by atoms with Gasteiger partial charge in [0.1, 0.15) is 23.1 Å². The van der Waals surface area contributed by atoms with Crippen LogP contribution in [0.15, 0.2) is 84.9 Å². The third kappa shape index (κ3) is 4.29. The van der Waals surface area contributed by atoms with Crippen molar-refractivity contribution in [2.75, 3.05) is 0 Å². The zero-order valence-electron chi connectivity index (χ0n) is 19.5. The molecule has 0 amide bonds. The Morgan fingerprint density at radius 2 is 1.19 bits per heavy atom. The Morgan fingerprint density at radius 1 is 0.611 bits per heavy atom. The maximum Gasteiger partial charge on any atom is 0.346 e. The molecule has 0 bridgehead atoms. The number of carbonyl (C=O) groups is 2. The van der Waals surface area contributed by atoms with Crippen molar-refractivity contribution < 1.29 is 27.8 Å². The van der Waals surface area contributed by atoms with Gasteiger partial charge in [-0.05, 0) is 61.9 Å². The van der Waals surface area contributed by atoms with Crippen LogP contribution in [0.25, 0.3) is 21.5 Å². The molecule has 36 heavy (non-hydrogen) atoms. The minimum Gasteiger partial charge on any atom is -0.422 e. The number of esters is 2. The third-order valence-corrected chi connectivity index (χ3v) is 5.91. The molecular formula is C30H20F2O4. The molecule has 0 unspecified atom stereocenters. The Balaban J connectivity index is 1.67. The van der Waals surface area contributed by atoms with Crippen LogP contribution in [0, 0.1) is 25.5 Å². The summed E-state index contributed by atoms with van der Waals surface area (Å²) >= 11 is 0. The molecule has 6 heteroatoms. The van der Waals surface area contributed by atoms with Crippen molar-refractivity contribution in [2.24, 2.45) is 0 Å². The molecule has 0 aliphatic carbocycles. The summed E-state index contributed by atoms with van der Waals surface area (Å²) in [6, 6.07) is 21.8. The molecule has 0 spiro atoms. The third-order valence-electron chi connectivity index (χ3n) is 5.91. The molecule has 5 aromatic carbocycles. The van der Waals surface area contributed by atoms with Crippen molar-refractivity contribution in [3.63, 3.8) is 0 Å². The zero-order valence-corrected chi connectivity index (χ0v) is 19.5. The van der Waals surface area contributed by atoms with Gasteiger partial charge in [0.2, 0.25) is 0 Å². The second-order valence-electron chi connectivity index (χ2n) is 8.52. The fourth-order valence-corrected chi connectivity index (χ4v) is 4.07. The van der Waals surface area contributed by atoms with Gasteiger partial charge in [0.05, 0.1) is 11.1 Å². The fraction of sp³-hybridized carbons (Fsp3) is 0.0667. The second kappa shape index (κ2) is 9.23. The monoisotopic (exact) mass is 482 g/mol. The van der Waals surface area contributed by atoms with Gasteiger partial charge < -0.3 is 9.47 Å². The summed E-state index contributed by atoms with van der Waals surface area (Å²) in [6.07, 6.45) is 0. The number of halogens is 2. The summed E-state index contributed by atoms with van der Waals surface area (Å²) in [7, 11) is 0. The first kappa shape index (κ1) is 23.2. The number of benzene rings is 5. The van der Waals surface area contributed by atoms with Gasteiger partial charge in [-0.25, -0.2) is 18.4 Å². The Morgan fingerprint density at radius 3 is 1.86 bits per heavy atom. The van der Waals surface area contributed by atoms with Gasteiger partial charge in [-0.3, -0.25) is 0 Å². The lowest BCUT2D eigenvalue weighted by molar-refractivity contribution is 0.0723. The largest absolute Gasteiger partial charge is 0.422 e. The molecule has 5 aromatic rings. The molecule has 0 heterocycles. The van der Waals surface area contributed by atoms with Crippen molar-refractivity contribution >= 4 is 33.5 Å². The molecule has 4 nitrogen and oxygen atoms in total. The Bertz CT molecular complexity index is 1660. The molecule has 5 rings (SSSR count). The highest BCUT2D eigenvalue weighted by Gasteiger charge is 2.23. The van der Waals surface area contributed by atoms with Crippen molar-refractivity contribution in [1.29, 1.82) is 0 Å². The van der Waals surface area contributed by atoms with Crippen molar-refractivity contribution in [1.82, 2.24) is 0 Å². The lowest BCUT2D eigenvalue weighted by Crippen LogP contribution is -2.12. The summed E-state index contributed by atoms with van der Waals surface area (Å²) < 4.78 is 40.3. The van der Waals surface area contributed by atoms with Crippen LogP contribution in [0.1, 0.15) is 31.8 Å². The molecule has 0 N–H and O–H groups in total. The van der Waals surface area contributed by atoms with E-state index in [0.29, 0.717) is 27.3 Å². The van der Waals surface area contributed by atoms with Gasteiger partial charge >= 0.3 is 11.9 Å². The lowest BCUT2D eigenvalue weighted by Gasteiger charge is -2.17. The molecule has 0 aromatic heterocycles. The van der Waals surface area contributed by atoms with E-state index in [4.69, 9.17) is 9.47 Å². The van der Waals surface area contributed by atoms with Crippen LogP contribution in [0.3, 0.4) is 0 Å². The molecule has 0 atom stereocenters. The summed E-state index contributed by atoms with van der Waals surface area (Å²) in [4.78, 5) is 25.9. The SMILES string of the molecule is Cc1ccc(C(=O)Oc2c3ccccc3c(OC(=O)c3ccc(C)cc3F)c3cc(F)ccc23)cc1. The zero-order chi connectivity index (χ0) is 25.4. The molecule has 178 valence electrons. The number of ether oxygens (including phenoxy) is 2. The van der Waals surface area contributed by atoms with E-state index < -0.39 is 23.6 Å². The van der Waals surface area contributed by atoms with E-state index in [1.165, 1.54) is 30.3 Å². The maximum absolute atomic E-state index is 14.5. The highest BCUT2D eigenvalue weighted by molar-refractivity contribution is 6.13. The number of hydrogen-bond donors (Lipinski definition) is 0.